The second-order valence-electron chi connectivity index (χ2n) is 11.6. The zero-order valence-electron chi connectivity index (χ0n) is 27.6. The average Bonchev–Trinajstić information content (AvgIpc) is 3.55. The molecule has 0 spiro atoms. The van der Waals surface area contributed by atoms with Crippen LogP contribution in [0.25, 0.3) is 33.6 Å². The molecule has 50 heavy (non-hydrogen) atoms. The summed E-state index contributed by atoms with van der Waals surface area (Å²) in [6, 6.07) is 16.5. The number of carbonyl (C=O) groups excluding carboxylic acids is 1. The molecule has 5 aromatic rings. The van der Waals surface area contributed by atoms with Crippen LogP contribution in [0.5, 0.6) is 11.8 Å². The highest BCUT2D eigenvalue weighted by Gasteiger charge is 2.21. The van der Waals surface area contributed by atoms with Crippen molar-refractivity contribution in [2.45, 2.75) is 38.5 Å². The molecule has 0 aliphatic carbocycles. The van der Waals surface area contributed by atoms with E-state index in [9.17, 15) is 9.59 Å². The molecule has 1 saturated heterocycles. The third-order valence-electron chi connectivity index (χ3n) is 8.34. The van der Waals surface area contributed by atoms with Crippen molar-refractivity contribution < 1.29 is 14.3 Å². The van der Waals surface area contributed by atoms with Gasteiger partial charge in [0.25, 0.3) is 5.56 Å². The van der Waals surface area contributed by atoms with E-state index in [1.165, 1.54) is 6.07 Å². The fourth-order valence-corrected chi connectivity index (χ4v) is 6.39. The molecule has 1 aliphatic heterocycles. The maximum absolute atomic E-state index is 12.0. The predicted octanol–water partition coefficient (Wildman–Crippen LogP) is 4.91. The molecule has 3 N–H and O–H groups in total. The lowest BCUT2D eigenvalue weighted by atomic mass is 9.98. The van der Waals surface area contributed by atoms with Gasteiger partial charge in [0.15, 0.2) is 0 Å². The van der Waals surface area contributed by atoms with Crippen LogP contribution >= 0.6 is 23.2 Å². The zero-order chi connectivity index (χ0) is 35.0. The van der Waals surface area contributed by atoms with Crippen LogP contribution in [0.4, 0.5) is 0 Å². The van der Waals surface area contributed by atoms with E-state index >= 15 is 0 Å². The molecule has 4 heterocycles. The number of aromatic nitrogens is 5. The third kappa shape index (κ3) is 7.95. The van der Waals surface area contributed by atoms with E-state index in [2.05, 4.69) is 25.9 Å². The molecule has 2 aromatic carbocycles. The first kappa shape index (κ1) is 35.0. The summed E-state index contributed by atoms with van der Waals surface area (Å²) in [4.78, 5) is 42.1. The number of rotatable bonds is 14. The molecule has 0 bridgehead atoms. The van der Waals surface area contributed by atoms with Gasteiger partial charge in [-0.1, -0.05) is 65.7 Å². The number of amides is 1. The largest absolute Gasteiger partial charge is 0.480 e. The second-order valence-corrected chi connectivity index (χ2v) is 12.4. The van der Waals surface area contributed by atoms with E-state index in [1.807, 2.05) is 42.5 Å². The van der Waals surface area contributed by atoms with Crippen molar-refractivity contribution in [1.82, 2.24) is 40.5 Å². The standard InChI is InChI=1S/C36H36Cl2N8O4/c1-49-35-29(18-39-14-16-46-15-4-3-11-32(46)48)41-20-27(44-35)25-9-5-7-23(33(25)37)24-8-6-10-26(34(24)38)28-21-42-30(36(45-28)50-2)19-40-17-22-12-13-31(47)43-22/h3-11,15,20-22,39-40H,12-14,16-19H2,1-2H3,(H,43,47)/t22-/m0/s1. The minimum atomic E-state index is -0.0521. The Morgan fingerprint density at radius 2 is 1.38 bits per heavy atom. The van der Waals surface area contributed by atoms with Gasteiger partial charge >= 0.3 is 0 Å². The Balaban J connectivity index is 1.19. The van der Waals surface area contributed by atoms with Crippen molar-refractivity contribution in [1.29, 1.82) is 0 Å². The van der Waals surface area contributed by atoms with Crippen LogP contribution < -0.4 is 31.0 Å². The Morgan fingerprint density at radius 3 is 1.92 bits per heavy atom. The fraction of sp³-hybridized carbons (Fsp3) is 0.278. The predicted molar refractivity (Wildman–Crippen MR) is 192 cm³/mol. The monoisotopic (exact) mass is 714 g/mol. The van der Waals surface area contributed by atoms with Crippen LogP contribution in [-0.2, 0) is 24.4 Å². The van der Waals surface area contributed by atoms with Gasteiger partial charge in [-0.2, -0.15) is 0 Å². The number of nitrogens with one attached hydrogen (secondary N) is 3. The Hall–Kier alpha value is -4.88. The number of nitrogens with zero attached hydrogens (tertiary/aromatic N) is 5. The van der Waals surface area contributed by atoms with Crippen LogP contribution in [0.1, 0.15) is 24.2 Å². The molecular weight excluding hydrogens is 679 g/mol. The summed E-state index contributed by atoms with van der Waals surface area (Å²) in [6.45, 7) is 2.55. The van der Waals surface area contributed by atoms with E-state index in [1.54, 1.807) is 43.4 Å². The van der Waals surface area contributed by atoms with E-state index in [4.69, 9.17) is 42.6 Å². The normalized spacial score (nSPS) is 14.1. The fourth-order valence-electron chi connectivity index (χ4n) is 5.75. The number of ether oxygens (including phenoxy) is 2. The van der Waals surface area contributed by atoms with Gasteiger partial charge in [-0.15, -0.1) is 0 Å². The van der Waals surface area contributed by atoms with Gasteiger partial charge in [0.2, 0.25) is 17.7 Å². The van der Waals surface area contributed by atoms with Crippen molar-refractivity contribution in [3.05, 3.63) is 105 Å². The Bertz CT molecular complexity index is 2060. The van der Waals surface area contributed by atoms with Crippen molar-refractivity contribution in [3.8, 4) is 45.4 Å². The first-order valence-corrected chi connectivity index (χ1v) is 16.9. The van der Waals surface area contributed by atoms with Crippen molar-refractivity contribution in [3.63, 3.8) is 0 Å². The Kier molecular flexibility index (Phi) is 11.3. The lowest BCUT2D eigenvalue weighted by molar-refractivity contribution is -0.119. The smallest absolute Gasteiger partial charge is 0.250 e. The first-order valence-electron chi connectivity index (χ1n) is 16.1. The lowest BCUT2D eigenvalue weighted by Crippen LogP contribution is -2.35. The summed E-state index contributed by atoms with van der Waals surface area (Å²) >= 11 is 14.1. The quantitative estimate of drug-likeness (QED) is 0.136. The van der Waals surface area contributed by atoms with Crippen LogP contribution in [0.15, 0.2) is 78.0 Å². The molecule has 12 nitrogen and oxygen atoms in total. The molecule has 6 rings (SSSR count). The SMILES string of the molecule is COc1nc(-c2cccc(-c3cccc(-c4cnc(CNC[C@@H]5CCC(=O)N5)c(OC)n4)c3Cl)c2Cl)cnc1CNCCn1ccccc1=O. The maximum Gasteiger partial charge on any atom is 0.250 e. The molecule has 0 radical (unpaired) electrons. The van der Waals surface area contributed by atoms with Crippen molar-refractivity contribution in [2.75, 3.05) is 27.3 Å². The van der Waals surface area contributed by atoms with Crippen molar-refractivity contribution in [2.24, 2.45) is 0 Å². The Morgan fingerprint density at radius 1 is 0.800 bits per heavy atom. The molecular formula is C36H36Cl2N8O4. The number of methoxy groups -OCH3 is 2. The zero-order valence-corrected chi connectivity index (χ0v) is 29.1. The van der Waals surface area contributed by atoms with Gasteiger partial charge in [-0.25, -0.2) is 9.97 Å². The molecule has 258 valence electrons. The molecule has 1 atom stereocenters. The number of benzene rings is 2. The van der Waals surface area contributed by atoms with Crippen molar-refractivity contribution >= 4 is 29.1 Å². The summed E-state index contributed by atoms with van der Waals surface area (Å²) in [5.74, 6) is 0.823. The van der Waals surface area contributed by atoms with Crippen LogP contribution in [0, 0.1) is 0 Å². The Labute approximate surface area is 299 Å². The lowest BCUT2D eigenvalue weighted by Gasteiger charge is -2.15. The summed E-state index contributed by atoms with van der Waals surface area (Å²) in [5.41, 5.74) is 5.04. The minimum absolute atomic E-state index is 0.0521. The van der Waals surface area contributed by atoms with Crippen LogP contribution in [0.3, 0.4) is 0 Å². The molecule has 0 saturated carbocycles. The van der Waals surface area contributed by atoms with Gasteiger partial charge in [0.05, 0.1) is 48.0 Å². The highest BCUT2D eigenvalue weighted by atomic mass is 35.5. The molecule has 14 heteroatoms. The van der Waals surface area contributed by atoms with Crippen LogP contribution in [-0.4, -0.2) is 63.8 Å². The number of halogens is 2. The molecule has 0 unspecified atom stereocenters. The molecule has 1 aliphatic rings. The van der Waals surface area contributed by atoms with E-state index in [-0.39, 0.29) is 17.5 Å². The average molecular weight is 716 g/mol. The van der Waals surface area contributed by atoms with E-state index < -0.39 is 0 Å². The van der Waals surface area contributed by atoms with Gasteiger partial charge in [-0.05, 0) is 12.5 Å². The summed E-state index contributed by atoms with van der Waals surface area (Å²) in [7, 11) is 3.09. The molecule has 3 aromatic heterocycles. The van der Waals surface area contributed by atoms with E-state index in [0.717, 1.165) is 6.42 Å². The van der Waals surface area contributed by atoms with Gasteiger partial charge in [0, 0.05) is 79.7 Å². The molecule has 1 amide bonds. The van der Waals surface area contributed by atoms with Gasteiger partial charge in [-0.3, -0.25) is 19.6 Å². The number of carbonyl (C=O) groups is 1. The number of pyridine rings is 1. The van der Waals surface area contributed by atoms with Crippen LogP contribution in [0.2, 0.25) is 10.0 Å². The van der Waals surface area contributed by atoms with Gasteiger partial charge < -0.3 is 30.0 Å². The highest BCUT2D eigenvalue weighted by Crippen LogP contribution is 2.42. The second kappa shape index (κ2) is 16.2. The minimum Gasteiger partial charge on any atom is -0.480 e. The highest BCUT2D eigenvalue weighted by molar-refractivity contribution is 6.39. The third-order valence-corrected chi connectivity index (χ3v) is 9.15. The summed E-state index contributed by atoms with van der Waals surface area (Å²) in [6.07, 6.45) is 6.44. The first-order chi connectivity index (χ1) is 24.4. The summed E-state index contributed by atoms with van der Waals surface area (Å²) in [5, 5.41) is 10.5. The number of hydrogen-bond donors (Lipinski definition) is 3. The number of hydrogen-bond acceptors (Lipinski definition) is 10. The summed E-state index contributed by atoms with van der Waals surface area (Å²) < 4.78 is 12.8. The van der Waals surface area contributed by atoms with E-state index in [0.29, 0.717) is 106 Å². The maximum atomic E-state index is 12.0. The molecule has 1 fully saturated rings. The van der Waals surface area contributed by atoms with Gasteiger partial charge in [0.1, 0.15) is 11.4 Å². The topological polar surface area (TPSA) is 145 Å².